The molecule has 1 unspecified atom stereocenters. The molecule has 1 atom stereocenters. The number of aliphatic imine (C=N–C) groups is 1. The monoisotopic (exact) mass is 494 g/mol. The van der Waals surface area contributed by atoms with Gasteiger partial charge in [-0.1, -0.05) is 38.1 Å². The first-order chi connectivity index (χ1) is 12.0. The SMILES string of the molecule is CCN(CC)Cc1cccc(CNC(=NC)NC2CCS(=O)(=O)C2)c1.I. The molecule has 6 nitrogen and oxygen atoms in total. The second-order valence-corrected chi connectivity index (χ2v) is 8.68. The second-order valence-electron chi connectivity index (χ2n) is 6.45. The van der Waals surface area contributed by atoms with E-state index in [0.29, 0.717) is 18.9 Å². The van der Waals surface area contributed by atoms with Gasteiger partial charge in [0, 0.05) is 26.2 Å². The van der Waals surface area contributed by atoms with Crippen molar-refractivity contribution < 1.29 is 8.42 Å². The summed E-state index contributed by atoms with van der Waals surface area (Å²) in [6.07, 6.45) is 0.641. The highest BCUT2D eigenvalue weighted by molar-refractivity contribution is 14.0. The predicted octanol–water partition coefficient (Wildman–Crippen LogP) is 2.00. The Bertz CT molecular complexity index is 690. The fourth-order valence-electron chi connectivity index (χ4n) is 3.03. The van der Waals surface area contributed by atoms with E-state index in [1.54, 1.807) is 7.05 Å². The molecule has 1 aliphatic heterocycles. The summed E-state index contributed by atoms with van der Waals surface area (Å²) in [6, 6.07) is 8.48. The first kappa shape index (κ1) is 23.2. The van der Waals surface area contributed by atoms with E-state index in [4.69, 9.17) is 0 Å². The van der Waals surface area contributed by atoms with Gasteiger partial charge < -0.3 is 10.6 Å². The van der Waals surface area contributed by atoms with Crippen LogP contribution in [0.1, 0.15) is 31.4 Å². The third-order valence-corrected chi connectivity index (χ3v) is 6.32. The Morgan fingerprint density at radius 1 is 1.27 bits per heavy atom. The maximum atomic E-state index is 11.6. The van der Waals surface area contributed by atoms with Gasteiger partial charge >= 0.3 is 0 Å². The van der Waals surface area contributed by atoms with Crippen LogP contribution in [0.3, 0.4) is 0 Å². The molecule has 148 valence electrons. The van der Waals surface area contributed by atoms with E-state index in [1.807, 2.05) is 0 Å². The van der Waals surface area contributed by atoms with Crippen LogP contribution in [0, 0.1) is 0 Å². The number of guanidine groups is 1. The Hall–Kier alpha value is -0.870. The topological polar surface area (TPSA) is 73.8 Å². The summed E-state index contributed by atoms with van der Waals surface area (Å²) in [5.41, 5.74) is 2.49. The summed E-state index contributed by atoms with van der Waals surface area (Å²) >= 11 is 0. The lowest BCUT2D eigenvalue weighted by molar-refractivity contribution is 0.296. The van der Waals surface area contributed by atoms with Crippen molar-refractivity contribution in [2.45, 2.75) is 39.4 Å². The van der Waals surface area contributed by atoms with Gasteiger partial charge in [0.15, 0.2) is 15.8 Å². The van der Waals surface area contributed by atoms with Crippen molar-refractivity contribution in [2.75, 3.05) is 31.6 Å². The van der Waals surface area contributed by atoms with Crippen LogP contribution in [0.25, 0.3) is 0 Å². The minimum Gasteiger partial charge on any atom is -0.353 e. The number of sulfone groups is 1. The average Bonchev–Trinajstić information content (AvgIpc) is 2.95. The maximum absolute atomic E-state index is 11.6. The number of benzene rings is 1. The van der Waals surface area contributed by atoms with E-state index >= 15 is 0 Å². The van der Waals surface area contributed by atoms with Crippen LogP contribution in [0.4, 0.5) is 0 Å². The average molecular weight is 494 g/mol. The summed E-state index contributed by atoms with van der Waals surface area (Å²) in [6.45, 7) is 8.04. The molecule has 1 heterocycles. The molecule has 26 heavy (non-hydrogen) atoms. The summed E-state index contributed by atoms with van der Waals surface area (Å²) in [4.78, 5) is 6.59. The van der Waals surface area contributed by atoms with E-state index < -0.39 is 9.84 Å². The van der Waals surface area contributed by atoms with Crippen molar-refractivity contribution in [3.05, 3.63) is 35.4 Å². The van der Waals surface area contributed by atoms with E-state index in [1.165, 1.54) is 11.1 Å². The number of rotatable bonds is 7. The maximum Gasteiger partial charge on any atom is 0.191 e. The molecule has 2 N–H and O–H groups in total. The molecule has 0 amide bonds. The molecular weight excluding hydrogens is 463 g/mol. The third kappa shape index (κ3) is 7.40. The minimum atomic E-state index is -2.89. The lowest BCUT2D eigenvalue weighted by Crippen LogP contribution is -2.43. The van der Waals surface area contributed by atoms with E-state index in [2.05, 4.69) is 58.6 Å². The fraction of sp³-hybridized carbons (Fsp3) is 0.611. The molecular formula is C18H31IN4O2S. The Balaban J connectivity index is 0.00000338. The molecule has 8 heteroatoms. The molecule has 2 rings (SSSR count). The largest absolute Gasteiger partial charge is 0.353 e. The zero-order valence-corrected chi connectivity index (χ0v) is 19.0. The van der Waals surface area contributed by atoms with Crippen LogP contribution in [-0.4, -0.2) is 57.0 Å². The first-order valence-corrected chi connectivity index (χ1v) is 10.8. The smallest absolute Gasteiger partial charge is 0.191 e. The molecule has 0 saturated carbocycles. The normalized spacial score (nSPS) is 19.2. The van der Waals surface area contributed by atoms with Gasteiger partial charge in [-0.3, -0.25) is 9.89 Å². The molecule has 1 saturated heterocycles. The molecule has 1 aromatic rings. The van der Waals surface area contributed by atoms with Crippen molar-refractivity contribution in [1.82, 2.24) is 15.5 Å². The molecule has 0 aliphatic carbocycles. The molecule has 0 radical (unpaired) electrons. The van der Waals surface area contributed by atoms with E-state index in [9.17, 15) is 8.42 Å². The Morgan fingerprint density at radius 3 is 2.54 bits per heavy atom. The lowest BCUT2D eigenvalue weighted by Gasteiger charge is -2.19. The van der Waals surface area contributed by atoms with Crippen molar-refractivity contribution in [2.24, 2.45) is 4.99 Å². The zero-order valence-electron chi connectivity index (χ0n) is 15.9. The standard InChI is InChI=1S/C18H30N4O2S.HI/c1-4-22(5-2)13-16-8-6-7-15(11-16)12-20-18(19-3)21-17-9-10-25(23,24)14-17;/h6-8,11,17H,4-5,9-10,12-14H2,1-3H3,(H2,19,20,21);1H. The first-order valence-electron chi connectivity index (χ1n) is 8.93. The summed E-state index contributed by atoms with van der Waals surface area (Å²) in [5.74, 6) is 1.10. The van der Waals surface area contributed by atoms with Gasteiger partial charge in [0.2, 0.25) is 0 Å². The molecule has 0 bridgehead atoms. The van der Waals surface area contributed by atoms with E-state index in [0.717, 1.165) is 19.6 Å². The number of hydrogen-bond acceptors (Lipinski definition) is 4. The van der Waals surface area contributed by atoms with Gasteiger partial charge in [0.05, 0.1) is 11.5 Å². The highest BCUT2D eigenvalue weighted by atomic mass is 127. The quantitative estimate of drug-likeness (QED) is 0.345. The van der Waals surface area contributed by atoms with Crippen LogP contribution in [0.5, 0.6) is 0 Å². The van der Waals surface area contributed by atoms with Gasteiger partial charge in [-0.2, -0.15) is 0 Å². The van der Waals surface area contributed by atoms with Crippen LogP contribution < -0.4 is 10.6 Å². The van der Waals surface area contributed by atoms with Gasteiger partial charge in [-0.05, 0) is 30.6 Å². The Labute approximate surface area is 174 Å². The van der Waals surface area contributed by atoms with Crippen LogP contribution in [0.2, 0.25) is 0 Å². The molecule has 1 aliphatic rings. The minimum absolute atomic E-state index is 0. The number of halogens is 1. The van der Waals surface area contributed by atoms with Crippen molar-refractivity contribution in [3.8, 4) is 0 Å². The summed E-state index contributed by atoms with van der Waals surface area (Å²) in [7, 11) is -1.18. The van der Waals surface area contributed by atoms with Gasteiger partial charge in [-0.25, -0.2) is 8.42 Å². The zero-order chi connectivity index (χ0) is 18.3. The van der Waals surface area contributed by atoms with E-state index in [-0.39, 0.29) is 41.5 Å². The fourth-order valence-corrected chi connectivity index (χ4v) is 4.70. The van der Waals surface area contributed by atoms with Crippen molar-refractivity contribution in [1.29, 1.82) is 0 Å². The van der Waals surface area contributed by atoms with Gasteiger partial charge in [0.25, 0.3) is 0 Å². The van der Waals surface area contributed by atoms with Gasteiger partial charge in [-0.15, -0.1) is 24.0 Å². The molecule has 1 aromatic carbocycles. The van der Waals surface area contributed by atoms with Crippen molar-refractivity contribution in [3.63, 3.8) is 0 Å². The number of nitrogens with zero attached hydrogens (tertiary/aromatic N) is 2. The predicted molar refractivity (Wildman–Crippen MR) is 119 cm³/mol. The van der Waals surface area contributed by atoms with Crippen LogP contribution >= 0.6 is 24.0 Å². The molecule has 0 spiro atoms. The third-order valence-electron chi connectivity index (χ3n) is 4.55. The Morgan fingerprint density at radius 2 is 1.96 bits per heavy atom. The molecule has 0 aromatic heterocycles. The second kappa shape index (κ2) is 11.1. The number of hydrogen-bond donors (Lipinski definition) is 2. The summed E-state index contributed by atoms with van der Waals surface area (Å²) < 4.78 is 23.1. The highest BCUT2D eigenvalue weighted by Crippen LogP contribution is 2.11. The van der Waals surface area contributed by atoms with Crippen LogP contribution in [0.15, 0.2) is 29.3 Å². The highest BCUT2D eigenvalue weighted by Gasteiger charge is 2.28. The molecule has 1 fully saturated rings. The Kier molecular flexibility index (Phi) is 9.88. The van der Waals surface area contributed by atoms with Gasteiger partial charge in [0.1, 0.15) is 0 Å². The lowest BCUT2D eigenvalue weighted by atomic mass is 10.1. The van der Waals surface area contributed by atoms with Crippen molar-refractivity contribution >= 4 is 39.8 Å². The summed E-state index contributed by atoms with van der Waals surface area (Å²) in [5, 5.41) is 6.49. The van der Waals surface area contributed by atoms with Crippen LogP contribution in [-0.2, 0) is 22.9 Å². The number of nitrogens with one attached hydrogen (secondary N) is 2.